The Hall–Kier alpha value is -2.45. The summed E-state index contributed by atoms with van der Waals surface area (Å²) in [6.45, 7) is 1.98. The molecule has 1 aromatic heterocycles. The Bertz CT molecular complexity index is 761. The summed E-state index contributed by atoms with van der Waals surface area (Å²) in [6, 6.07) is 6.97. The molecule has 0 bridgehead atoms. The topological polar surface area (TPSA) is 97.8 Å². The minimum absolute atomic E-state index is 0.233. The lowest BCUT2D eigenvalue weighted by Crippen LogP contribution is -2.45. The van der Waals surface area contributed by atoms with Gasteiger partial charge in [0.1, 0.15) is 16.5 Å². The van der Waals surface area contributed by atoms with E-state index in [0.29, 0.717) is 22.9 Å². The highest BCUT2D eigenvalue weighted by molar-refractivity contribution is 7.09. The molecule has 0 aliphatic carbocycles. The highest BCUT2D eigenvalue weighted by atomic mass is 32.1. The normalized spacial score (nSPS) is 13.1. The molecule has 2 rings (SSSR count). The number of aromatic nitrogens is 1. The first kappa shape index (κ1) is 18.9. The van der Waals surface area contributed by atoms with E-state index >= 15 is 0 Å². The highest BCUT2D eigenvalue weighted by Gasteiger charge is 2.32. The summed E-state index contributed by atoms with van der Waals surface area (Å²) in [5.74, 6) is -0.881. The number of carboxylic acids is 1. The van der Waals surface area contributed by atoms with Crippen molar-refractivity contribution < 1.29 is 24.2 Å². The van der Waals surface area contributed by atoms with Crippen LogP contribution in [-0.2, 0) is 21.7 Å². The third-order valence-electron chi connectivity index (χ3n) is 3.65. The fraction of sp³-hybridized carbons (Fsp3) is 0.353. The quantitative estimate of drug-likeness (QED) is 0.746. The van der Waals surface area contributed by atoms with E-state index in [0.717, 1.165) is 0 Å². The number of methoxy groups -OCH3 is 2. The van der Waals surface area contributed by atoms with Crippen LogP contribution in [0, 0.1) is 0 Å². The summed E-state index contributed by atoms with van der Waals surface area (Å²) in [5, 5.41) is 14.4. The molecule has 134 valence electrons. The zero-order valence-electron chi connectivity index (χ0n) is 14.2. The average Bonchev–Trinajstić information content (AvgIpc) is 3.03. The summed E-state index contributed by atoms with van der Waals surface area (Å²) >= 11 is 1.31. The molecule has 1 aromatic carbocycles. The van der Waals surface area contributed by atoms with Crippen LogP contribution in [-0.4, -0.2) is 36.2 Å². The lowest BCUT2D eigenvalue weighted by Gasteiger charge is -2.30. The van der Waals surface area contributed by atoms with Crippen molar-refractivity contribution in [2.75, 3.05) is 14.2 Å². The van der Waals surface area contributed by atoms with Crippen LogP contribution in [0.5, 0.6) is 5.75 Å². The van der Waals surface area contributed by atoms with Crippen molar-refractivity contribution in [3.8, 4) is 5.75 Å². The molecule has 0 aliphatic rings. The number of rotatable bonds is 8. The molecule has 1 heterocycles. The second kappa shape index (κ2) is 8.09. The molecule has 0 fully saturated rings. The van der Waals surface area contributed by atoms with Gasteiger partial charge in [0, 0.05) is 12.5 Å². The van der Waals surface area contributed by atoms with Crippen LogP contribution in [0.2, 0.25) is 0 Å². The number of carbonyl (C=O) groups is 2. The Morgan fingerprint density at radius 1 is 1.36 bits per heavy atom. The van der Waals surface area contributed by atoms with Crippen molar-refractivity contribution in [3.05, 3.63) is 45.9 Å². The summed E-state index contributed by atoms with van der Waals surface area (Å²) < 4.78 is 10.2. The van der Waals surface area contributed by atoms with Gasteiger partial charge in [0.15, 0.2) is 0 Å². The van der Waals surface area contributed by atoms with Crippen LogP contribution in [0.3, 0.4) is 0 Å². The summed E-state index contributed by atoms with van der Waals surface area (Å²) in [7, 11) is 3.08. The number of carboxylic acid groups (broad SMARTS) is 1. The highest BCUT2D eigenvalue weighted by Crippen LogP contribution is 2.28. The van der Waals surface area contributed by atoms with E-state index in [-0.39, 0.29) is 12.1 Å². The van der Waals surface area contributed by atoms with Crippen LogP contribution in [0.1, 0.15) is 34.4 Å². The Labute approximate surface area is 149 Å². The van der Waals surface area contributed by atoms with Gasteiger partial charge in [-0.3, -0.25) is 9.59 Å². The van der Waals surface area contributed by atoms with E-state index in [1.165, 1.54) is 18.4 Å². The zero-order valence-corrected chi connectivity index (χ0v) is 15.1. The summed E-state index contributed by atoms with van der Waals surface area (Å²) in [6.07, 6.45) is -0.277. The summed E-state index contributed by atoms with van der Waals surface area (Å²) in [5.41, 5.74) is -0.242. The van der Waals surface area contributed by atoms with E-state index in [1.807, 2.05) is 0 Å². The zero-order chi connectivity index (χ0) is 18.4. The molecular weight excluding hydrogens is 344 g/mol. The molecule has 0 saturated heterocycles. The molecule has 0 aliphatic heterocycles. The predicted octanol–water partition coefficient (Wildman–Crippen LogP) is 2.42. The van der Waals surface area contributed by atoms with Gasteiger partial charge in [0.2, 0.25) is 0 Å². The number of amides is 1. The Kier molecular flexibility index (Phi) is 6.11. The fourth-order valence-corrected chi connectivity index (χ4v) is 3.15. The number of ether oxygens (including phenoxy) is 2. The molecular formula is C17H20N2O5S. The summed E-state index contributed by atoms with van der Waals surface area (Å²) in [4.78, 5) is 28.1. The van der Waals surface area contributed by atoms with Crippen molar-refractivity contribution in [2.45, 2.75) is 25.5 Å². The molecule has 1 atom stereocenters. The maximum atomic E-state index is 12.6. The van der Waals surface area contributed by atoms with E-state index in [2.05, 4.69) is 10.3 Å². The van der Waals surface area contributed by atoms with E-state index < -0.39 is 17.4 Å². The molecule has 1 unspecified atom stereocenters. The van der Waals surface area contributed by atoms with E-state index in [4.69, 9.17) is 9.47 Å². The van der Waals surface area contributed by atoms with Crippen LogP contribution >= 0.6 is 11.3 Å². The second-order valence-corrected chi connectivity index (χ2v) is 6.59. The smallest absolute Gasteiger partial charge is 0.306 e. The maximum Gasteiger partial charge on any atom is 0.306 e. The predicted molar refractivity (Wildman–Crippen MR) is 92.9 cm³/mol. The maximum absolute atomic E-state index is 12.6. The van der Waals surface area contributed by atoms with Crippen LogP contribution in [0.15, 0.2) is 29.6 Å². The number of carbonyl (C=O) groups excluding carboxylic acids is 1. The van der Waals surface area contributed by atoms with Gasteiger partial charge >= 0.3 is 5.97 Å². The molecule has 1 amide bonds. The number of benzene rings is 1. The number of nitrogens with one attached hydrogen (secondary N) is 1. The third-order valence-corrected chi connectivity index (χ3v) is 4.48. The molecule has 0 saturated carbocycles. The SMILES string of the molecule is COCc1nc(C(=O)NC(C)(CC(=O)O)c2cccc(OC)c2)cs1. The van der Waals surface area contributed by atoms with Crippen molar-refractivity contribution in [2.24, 2.45) is 0 Å². The number of thiazole rings is 1. The Balaban J connectivity index is 2.29. The van der Waals surface area contributed by atoms with Crippen molar-refractivity contribution in [1.82, 2.24) is 10.3 Å². The number of hydrogen-bond acceptors (Lipinski definition) is 6. The van der Waals surface area contributed by atoms with Gasteiger partial charge in [-0.15, -0.1) is 11.3 Å². The van der Waals surface area contributed by atoms with Gasteiger partial charge in [0.05, 0.1) is 25.7 Å². The van der Waals surface area contributed by atoms with Gasteiger partial charge in [-0.2, -0.15) is 0 Å². The Morgan fingerprint density at radius 3 is 2.76 bits per heavy atom. The molecule has 7 nitrogen and oxygen atoms in total. The molecule has 2 aromatic rings. The first-order chi connectivity index (χ1) is 11.9. The van der Waals surface area contributed by atoms with Crippen LogP contribution in [0.25, 0.3) is 0 Å². The van der Waals surface area contributed by atoms with Crippen molar-refractivity contribution in [1.29, 1.82) is 0 Å². The Morgan fingerprint density at radius 2 is 2.12 bits per heavy atom. The standard InChI is InChI=1S/C17H20N2O5S/c1-17(8-15(20)21,11-5-4-6-12(7-11)24-3)19-16(22)13-10-25-14(18-13)9-23-2/h4-7,10H,8-9H2,1-3H3,(H,19,22)(H,20,21). The minimum atomic E-state index is -1.11. The lowest BCUT2D eigenvalue weighted by molar-refractivity contribution is -0.138. The first-order valence-corrected chi connectivity index (χ1v) is 8.38. The van der Waals surface area contributed by atoms with Crippen LogP contribution in [0.4, 0.5) is 0 Å². The number of hydrogen-bond donors (Lipinski definition) is 2. The monoisotopic (exact) mass is 364 g/mol. The van der Waals surface area contributed by atoms with Gasteiger partial charge in [-0.1, -0.05) is 12.1 Å². The number of aliphatic carboxylic acids is 1. The molecule has 0 radical (unpaired) electrons. The van der Waals surface area contributed by atoms with Gasteiger partial charge in [-0.25, -0.2) is 4.98 Å². The lowest BCUT2D eigenvalue weighted by atomic mass is 9.88. The van der Waals surface area contributed by atoms with E-state index in [9.17, 15) is 14.7 Å². The molecule has 0 spiro atoms. The van der Waals surface area contributed by atoms with Crippen molar-refractivity contribution in [3.63, 3.8) is 0 Å². The molecule has 25 heavy (non-hydrogen) atoms. The average molecular weight is 364 g/mol. The second-order valence-electron chi connectivity index (χ2n) is 5.65. The van der Waals surface area contributed by atoms with Gasteiger partial charge in [-0.05, 0) is 24.6 Å². The minimum Gasteiger partial charge on any atom is -0.497 e. The first-order valence-electron chi connectivity index (χ1n) is 7.50. The number of nitrogens with zero attached hydrogens (tertiary/aromatic N) is 1. The third kappa shape index (κ3) is 4.77. The van der Waals surface area contributed by atoms with Gasteiger partial charge in [0.25, 0.3) is 5.91 Å². The van der Waals surface area contributed by atoms with Gasteiger partial charge < -0.3 is 19.9 Å². The molecule has 8 heteroatoms. The van der Waals surface area contributed by atoms with E-state index in [1.54, 1.807) is 43.7 Å². The largest absolute Gasteiger partial charge is 0.497 e. The molecule has 2 N–H and O–H groups in total. The van der Waals surface area contributed by atoms with Crippen molar-refractivity contribution >= 4 is 23.2 Å². The van der Waals surface area contributed by atoms with Crippen LogP contribution < -0.4 is 10.1 Å². The fourth-order valence-electron chi connectivity index (χ4n) is 2.41.